The number of amides is 2. The van der Waals surface area contributed by atoms with Crippen molar-refractivity contribution in [3.63, 3.8) is 0 Å². The molecule has 1 heterocycles. The zero-order valence-corrected chi connectivity index (χ0v) is 17.9. The van der Waals surface area contributed by atoms with E-state index in [2.05, 4.69) is 10.6 Å². The van der Waals surface area contributed by atoms with E-state index in [9.17, 15) is 18.0 Å². The molecule has 156 valence electrons. The van der Waals surface area contributed by atoms with E-state index in [1.165, 1.54) is 4.31 Å². The molecule has 2 amide bonds. The van der Waals surface area contributed by atoms with E-state index in [0.717, 1.165) is 5.56 Å². The van der Waals surface area contributed by atoms with Gasteiger partial charge in [0.05, 0.1) is 4.90 Å². The Hall–Kier alpha value is -1.93. The van der Waals surface area contributed by atoms with Gasteiger partial charge in [0.2, 0.25) is 21.8 Å². The summed E-state index contributed by atoms with van der Waals surface area (Å²) in [5.74, 6) is -0.350. The Morgan fingerprint density at radius 1 is 1.11 bits per heavy atom. The molecule has 8 heteroatoms. The molecule has 1 aromatic rings. The van der Waals surface area contributed by atoms with Gasteiger partial charge < -0.3 is 10.6 Å². The molecule has 1 atom stereocenters. The highest BCUT2D eigenvalue weighted by Gasteiger charge is 2.32. The number of carbonyl (C=O) groups excluding carboxylic acids is 2. The first kappa shape index (κ1) is 22.4. The number of nitrogens with one attached hydrogen (secondary N) is 2. The summed E-state index contributed by atoms with van der Waals surface area (Å²) in [6.45, 7) is 8.72. The summed E-state index contributed by atoms with van der Waals surface area (Å²) in [6, 6.07) is 6.17. The minimum atomic E-state index is -3.54. The Morgan fingerprint density at radius 2 is 1.68 bits per heavy atom. The van der Waals surface area contributed by atoms with Crippen molar-refractivity contribution >= 4 is 21.8 Å². The SMILES string of the molecule is Cc1ccc(S(=O)(=O)N2CCC(C(=O)NC(C)C(=O)NCC(C)C)CC2)cc1. The van der Waals surface area contributed by atoms with Crippen LogP contribution in [0.3, 0.4) is 0 Å². The summed E-state index contributed by atoms with van der Waals surface area (Å²) in [4.78, 5) is 24.7. The molecule has 1 fully saturated rings. The second-order valence-electron chi connectivity index (χ2n) is 7.86. The minimum Gasteiger partial charge on any atom is -0.354 e. The number of aryl methyl sites for hydroxylation is 1. The monoisotopic (exact) mass is 409 g/mol. The third-order valence-electron chi connectivity index (χ3n) is 4.92. The van der Waals surface area contributed by atoms with Gasteiger partial charge in [-0.2, -0.15) is 4.31 Å². The minimum absolute atomic E-state index is 0.195. The predicted octanol–water partition coefficient (Wildman–Crippen LogP) is 1.67. The zero-order chi connectivity index (χ0) is 20.9. The van der Waals surface area contributed by atoms with Crippen LogP contribution in [0.25, 0.3) is 0 Å². The topological polar surface area (TPSA) is 95.6 Å². The number of nitrogens with zero attached hydrogens (tertiary/aromatic N) is 1. The van der Waals surface area contributed by atoms with Crippen molar-refractivity contribution in [2.45, 2.75) is 51.5 Å². The van der Waals surface area contributed by atoms with Gasteiger partial charge in [0, 0.05) is 25.6 Å². The molecule has 0 aromatic heterocycles. The van der Waals surface area contributed by atoms with Gasteiger partial charge >= 0.3 is 0 Å². The number of rotatable bonds is 7. The van der Waals surface area contributed by atoms with Crippen molar-refractivity contribution in [2.75, 3.05) is 19.6 Å². The maximum atomic E-state index is 12.7. The second kappa shape index (κ2) is 9.52. The molecule has 1 aliphatic heterocycles. The molecular formula is C20H31N3O4S. The van der Waals surface area contributed by atoms with E-state index in [0.29, 0.717) is 38.4 Å². The first-order chi connectivity index (χ1) is 13.1. The van der Waals surface area contributed by atoms with Crippen molar-refractivity contribution in [1.82, 2.24) is 14.9 Å². The number of piperidine rings is 1. The molecule has 28 heavy (non-hydrogen) atoms. The van der Waals surface area contributed by atoms with E-state index >= 15 is 0 Å². The molecule has 0 radical (unpaired) electrons. The Labute approximate surface area is 167 Å². The third-order valence-corrected chi connectivity index (χ3v) is 6.83. The van der Waals surface area contributed by atoms with Gasteiger partial charge in [-0.25, -0.2) is 8.42 Å². The van der Waals surface area contributed by atoms with Crippen molar-refractivity contribution in [2.24, 2.45) is 11.8 Å². The molecule has 7 nitrogen and oxygen atoms in total. The summed E-state index contributed by atoms with van der Waals surface area (Å²) >= 11 is 0. The van der Waals surface area contributed by atoms with Crippen LogP contribution >= 0.6 is 0 Å². The van der Waals surface area contributed by atoms with Crippen LogP contribution in [-0.2, 0) is 19.6 Å². The summed E-state index contributed by atoms with van der Waals surface area (Å²) < 4.78 is 26.9. The molecule has 1 saturated heterocycles. The molecule has 2 N–H and O–H groups in total. The van der Waals surface area contributed by atoms with E-state index in [1.54, 1.807) is 31.2 Å². The largest absolute Gasteiger partial charge is 0.354 e. The first-order valence-corrected chi connectivity index (χ1v) is 11.2. The van der Waals surface area contributed by atoms with E-state index in [1.807, 2.05) is 20.8 Å². The quantitative estimate of drug-likeness (QED) is 0.716. The van der Waals surface area contributed by atoms with Crippen molar-refractivity contribution < 1.29 is 18.0 Å². The maximum Gasteiger partial charge on any atom is 0.243 e. The lowest BCUT2D eigenvalue weighted by atomic mass is 9.97. The van der Waals surface area contributed by atoms with Crippen LogP contribution in [0.5, 0.6) is 0 Å². The smallest absolute Gasteiger partial charge is 0.243 e. The number of carbonyl (C=O) groups is 2. The number of hydrogen-bond acceptors (Lipinski definition) is 4. The third kappa shape index (κ3) is 5.78. The lowest BCUT2D eigenvalue weighted by Crippen LogP contribution is -2.49. The van der Waals surface area contributed by atoms with Gasteiger partial charge in [0.1, 0.15) is 6.04 Å². The van der Waals surface area contributed by atoms with Gasteiger partial charge in [-0.15, -0.1) is 0 Å². The highest BCUT2D eigenvalue weighted by molar-refractivity contribution is 7.89. The van der Waals surface area contributed by atoms with Gasteiger partial charge in [-0.1, -0.05) is 31.5 Å². The standard InChI is InChI=1S/C20H31N3O4S/c1-14(2)13-21-19(24)16(4)22-20(25)17-9-11-23(12-10-17)28(26,27)18-7-5-15(3)6-8-18/h5-8,14,16-17H,9-13H2,1-4H3,(H,21,24)(H,22,25). The Morgan fingerprint density at radius 3 is 2.21 bits per heavy atom. The molecule has 1 unspecified atom stereocenters. The van der Waals surface area contributed by atoms with Crippen LogP contribution in [0, 0.1) is 18.8 Å². The molecule has 2 rings (SSSR count). The van der Waals surface area contributed by atoms with E-state index < -0.39 is 16.1 Å². The zero-order valence-electron chi connectivity index (χ0n) is 17.1. The average molecular weight is 410 g/mol. The number of hydrogen-bond donors (Lipinski definition) is 2. The van der Waals surface area contributed by atoms with Gasteiger partial charge in [0.25, 0.3) is 0 Å². The molecule has 1 aliphatic rings. The molecule has 0 aliphatic carbocycles. The molecule has 0 spiro atoms. The van der Waals surface area contributed by atoms with Crippen LogP contribution < -0.4 is 10.6 Å². The van der Waals surface area contributed by atoms with Crippen LogP contribution in [-0.4, -0.2) is 50.2 Å². The molecule has 0 bridgehead atoms. The maximum absolute atomic E-state index is 12.7. The van der Waals surface area contributed by atoms with Gasteiger partial charge in [-0.05, 0) is 44.7 Å². The highest BCUT2D eigenvalue weighted by Crippen LogP contribution is 2.24. The average Bonchev–Trinajstić information content (AvgIpc) is 2.66. The Balaban J connectivity index is 1.88. The molecular weight excluding hydrogens is 378 g/mol. The van der Waals surface area contributed by atoms with Crippen LogP contribution in [0.2, 0.25) is 0 Å². The fraction of sp³-hybridized carbons (Fsp3) is 0.600. The normalized spacial score (nSPS) is 17.3. The summed E-state index contributed by atoms with van der Waals surface area (Å²) in [6.07, 6.45) is 0.883. The summed E-state index contributed by atoms with van der Waals surface area (Å²) in [5, 5.41) is 5.54. The number of sulfonamides is 1. The summed E-state index contributed by atoms with van der Waals surface area (Å²) in [7, 11) is -3.54. The lowest BCUT2D eigenvalue weighted by molar-refractivity contribution is -0.131. The van der Waals surface area contributed by atoms with Crippen molar-refractivity contribution in [3.05, 3.63) is 29.8 Å². The highest BCUT2D eigenvalue weighted by atomic mass is 32.2. The fourth-order valence-electron chi connectivity index (χ4n) is 3.07. The molecule has 0 saturated carbocycles. The van der Waals surface area contributed by atoms with Gasteiger partial charge in [0.15, 0.2) is 0 Å². The van der Waals surface area contributed by atoms with Crippen molar-refractivity contribution in [1.29, 1.82) is 0 Å². The van der Waals surface area contributed by atoms with E-state index in [4.69, 9.17) is 0 Å². The Bertz CT molecular complexity index is 782. The molecule has 1 aromatic carbocycles. The number of benzene rings is 1. The van der Waals surface area contributed by atoms with Crippen LogP contribution in [0.1, 0.15) is 39.2 Å². The first-order valence-electron chi connectivity index (χ1n) is 9.76. The lowest BCUT2D eigenvalue weighted by Gasteiger charge is -2.31. The van der Waals surface area contributed by atoms with Crippen molar-refractivity contribution in [3.8, 4) is 0 Å². The Kier molecular flexibility index (Phi) is 7.60. The second-order valence-corrected chi connectivity index (χ2v) is 9.80. The van der Waals surface area contributed by atoms with Gasteiger partial charge in [-0.3, -0.25) is 9.59 Å². The van der Waals surface area contributed by atoms with Crippen LogP contribution in [0.4, 0.5) is 0 Å². The predicted molar refractivity (Wildman–Crippen MR) is 108 cm³/mol. The van der Waals surface area contributed by atoms with E-state index in [-0.39, 0.29) is 22.6 Å². The summed E-state index contributed by atoms with van der Waals surface area (Å²) in [5.41, 5.74) is 1.00. The fourth-order valence-corrected chi connectivity index (χ4v) is 4.54. The van der Waals surface area contributed by atoms with Crippen LogP contribution in [0.15, 0.2) is 29.2 Å².